The number of hydrogen-bond acceptors (Lipinski definition) is 3. The second kappa shape index (κ2) is 5.42. The van der Waals surface area contributed by atoms with Gasteiger partial charge in [0.1, 0.15) is 5.58 Å². The van der Waals surface area contributed by atoms with Crippen LogP contribution < -0.4 is 0 Å². The number of fused-ring (bicyclic) bond motifs is 5. The minimum Gasteiger partial charge on any atom is -0.437 e. The zero-order chi connectivity index (χ0) is 16.8. The molecular formula is C22H16N2O. The Morgan fingerprint density at radius 3 is 2.68 bits per heavy atom. The van der Waals surface area contributed by atoms with Gasteiger partial charge in [-0.1, -0.05) is 31.2 Å². The van der Waals surface area contributed by atoms with Crippen LogP contribution in [0.25, 0.3) is 44.1 Å². The molecule has 0 aliphatic carbocycles. The van der Waals surface area contributed by atoms with Gasteiger partial charge >= 0.3 is 0 Å². The number of pyridine rings is 2. The number of nitrogens with zero attached hydrogens (tertiary/aromatic N) is 2. The van der Waals surface area contributed by atoms with E-state index in [4.69, 9.17) is 4.42 Å². The predicted molar refractivity (Wildman–Crippen MR) is 102 cm³/mol. The monoisotopic (exact) mass is 324 g/mol. The Labute approximate surface area is 144 Å². The lowest BCUT2D eigenvalue weighted by molar-refractivity contribution is 0.655. The minimum atomic E-state index is 0.668. The lowest BCUT2D eigenvalue weighted by Gasteiger charge is -2.07. The number of aromatic nitrogens is 2. The zero-order valence-corrected chi connectivity index (χ0v) is 13.9. The van der Waals surface area contributed by atoms with E-state index in [1.54, 1.807) is 6.20 Å². The molecule has 3 aromatic heterocycles. The molecule has 0 bridgehead atoms. The Bertz CT molecular complexity index is 1240. The van der Waals surface area contributed by atoms with E-state index in [1.165, 1.54) is 16.3 Å². The molecule has 0 aliphatic heterocycles. The molecule has 0 atom stereocenters. The van der Waals surface area contributed by atoms with Crippen LogP contribution in [0, 0.1) is 0 Å². The molecule has 5 rings (SSSR count). The van der Waals surface area contributed by atoms with Gasteiger partial charge in [0.25, 0.3) is 0 Å². The first-order valence-corrected chi connectivity index (χ1v) is 8.49. The van der Waals surface area contributed by atoms with Crippen LogP contribution in [0.1, 0.15) is 12.5 Å². The first-order valence-electron chi connectivity index (χ1n) is 8.49. The van der Waals surface area contributed by atoms with Gasteiger partial charge in [0, 0.05) is 28.7 Å². The standard InChI is InChI=1S/C22H16N2O/c1-2-14-9-11-23-19(12-14)18-13-15-6-3-4-7-16(15)20-17-8-5-10-24-22(17)25-21(18)20/h3-13H,2H2,1H3. The van der Waals surface area contributed by atoms with E-state index in [2.05, 4.69) is 65.4 Å². The summed E-state index contributed by atoms with van der Waals surface area (Å²) in [5, 5.41) is 4.52. The Morgan fingerprint density at radius 1 is 0.880 bits per heavy atom. The molecule has 0 amide bonds. The Kier molecular flexibility index (Phi) is 3.07. The van der Waals surface area contributed by atoms with Crippen LogP contribution in [0.2, 0.25) is 0 Å². The van der Waals surface area contributed by atoms with Crippen molar-refractivity contribution in [3.63, 3.8) is 0 Å². The van der Waals surface area contributed by atoms with Gasteiger partial charge in [-0.05, 0) is 53.1 Å². The van der Waals surface area contributed by atoms with E-state index >= 15 is 0 Å². The van der Waals surface area contributed by atoms with Gasteiger partial charge in [0.2, 0.25) is 5.71 Å². The number of benzene rings is 2. The first kappa shape index (κ1) is 14.2. The molecule has 3 nitrogen and oxygen atoms in total. The molecule has 2 aromatic carbocycles. The maximum Gasteiger partial charge on any atom is 0.227 e. The Hall–Kier alpha value is -3.20. The van der Waals surface area contributed by atoms with E-state index in [0.717, 1.165) is 34.0 Å². The van der Waals surface area contributed by atoms with Crippen LogP contribution in [0.15, 0.2) is 71.4 Å². The fraction of sp³-hybridized carbons (Fsp3) is 0.0909. The summed E-state index contributed by atoms with van der Waals surface area (Å²) >= 11 is 0. The highest BCUT2D eigenvalue weighted by molar-refractivity contribution is 6.21. The van der Waals surface area contributed by atoms with Gasteiger partial charge in [-0.25, -0.2) is 4.98 Å². The van der Waals surface area contributed by atoms with Gasteiger partial charge in [0.15, 0.2) is 0 Å². The summed E-state index contributed by atoms with van der Waals surface area (Å²) in [4.78, 5) is 9.01. The number of aryl methyl sites for hydroxylation is 1. The zero-order valence-electron chi connectivity index (χ0n) is 13.9. The van der Waals surface area contributed by atoms with Crippen molar-refractivity contribution in [2.75, 3.05) is 0 Å². The van der Waals surface area contributed by atoms with Crippen molar-refractivity contribution >= 4 is 32.8 Å². The summed E-state index contributed by atoms with van der Waals surface area (Å²) in [5.41, 5.74) is 4.74. The van der Waals surface area contributed by atoms with Crippen LogP contribution >= 0.6 is 0 Å². The van der Waals surface area contributed by atoms with Crippen molar-refractivity contribution in [1.29, 1.82) is 0 Å². The second-order valence-corrected chi connectivity index (χ2v) is 6.21. The van der Waals surface area contributed by atoms with Crippen LogP contribution in [0.5, 0.6) is 0 Å². The van der Waals surface area contributed by atoms with Crippen molar-refractivity contribution in [2.24, 2.45) is 0 Å². The maximum absolute atomic E-state index is 6.17. The molecule has 0 aliphatic rings. The van der Waals surface area contributed by atoms with E-state index in [0.29, 0.717) is 5.71 Å². The van der Waals surface area contributed by atoms with Crippen molar-refractivity contribution < 1.29 is 4.42 Å². The molecule has 0 saturated heterocycles. The average molecular weight is 324 g/mol. The van der Waals surface area contributed by atoms with E-state index in [9.17, 15) is 0 Å². The molecule has 120 valence electrons. The van der Waals surface area contributed by atoms with Gasteiger partial charge in [-0.2, -0.15) is 0 Å². The summed E-state index contributed by atoms with van der Waals surface area (Å²) in [6.07, 6.45) is 4.62. The van der Waals surface area contributed by atoms with E-state index < -0.39 is 0 Å². The third-order valence-corrected chi connectivity index (χ3v) is 4.75. The third-order valence-electron chi connectivity index (χ3n) is 4.75. The second-order valence-electron chi connectivity index (χ2n) is 6.21. The highest BCUT2D eigenvalue weighted by atomic mass is 16.3. The average Bonchev–Trinajstić information content (AvgIpc) is 3.07. The van der Waals surface area contributed by atoms with Crippen LogP contribution in [0.3, 0.4) is 0 Å². The van der Waals surface area contributed by atoms with Gasteiger partial charge in [-0.3, -0.25) is 4.98 Å². The predicted octanol–water partition coefficient (Wildman–Crippen LogP) is 5.76. The molecule has 0 radical (unpaired) electrons. The molecule has 0 N–H and O–H groups in total. The van der Waals surface area contributed by atoms with Crippen molar-refractivity contribution in [3.05, 3.63) is 72.6 Å². The van der Waals surface area contributed by atoms with Gasteiger partial charge in [0.05, 0.1) is 5.69 Å². The van der Waals surface area contributed by atoms with Gasteiger partial charge < -0.3 is 4.42 Å². The third kappa shape index (κ3) is 2.13. The lowest BCUT2D eigenvalue weighted by atomic mass is 9.98. The molecule has 3 heterocycles. The highest BCUT2D eigenvalue weighted by Crippen LogP contribution is 2.39. The topological polar surface area (TPSA) is 38.9 Å². The summed E-state index contributed by atoms with van der Waals surface area (Å²) in [6, 6.07) is 18.8. The SMILES string of the molecule is CCc1ccnc(-c2cc3ccccc3c3c2oc2ncccc23)c1. The number of hydrogen-bond donors (Lipinski definition) is 0. The van der Waals surface area contributed by atoms with Crippen LogP contribution in [-0.4, -0.2) is 9.97 Å². The minimum absolute atomic E-state index is 0.668. The first-order chi connectivity index (χ1) is 12.3. The quantitative estimate of drug-likeness (QED) is 0.414. The van der Waals surface area contributed by atoms with Crippen molar-refractivity contribution in [2.45, 2.75) is 13.3 Å². The fourth-order valence-corrected chi connectivity index (χ4v) is 3.49. The molecule has 5 aromatic rings. The summed E-state index contributed by atoms with van der Waals surface area (Å²) in [7, 11) is 0. The van der Waals surface area contributed by atoms with Crippen molar-refractivity contribution in [1.82, 2.24) is 9.97 Å². The molecule has 0 saturated carbocycles. The summed E-state index contributed by atoms with van der Waals surface area (Å²) in [6.45, 7) is 2.15. The van der Waals surface area contributed by atoms with E-state index in [-0.39, 0.29) is 0 Å². The number of rotatable bonds is 2. The van der Waals surface area contributed by atoms with Gasteiger partial charge in [-0.15, -0.1) is 0 Å². The molecule has 25 heavy (non-hydrogen) atoms. The normalized spacial score (nSPS) is 11.6. The van der Waals surface area contributed by atoms with Crippen LogP contribution in [-0.2, 0) is 6.42 Å². The molecule has 0 fully saturated rings. The molecule has 0 unspecified atom stereocenters. The Balaban J connectivity index is 1.98. The van der Waals surface area contributed by atoms with Crippen LogP contribution in [0.4, 0.5) is 0 Å². The number of furan rings is 1. The Morgan fingerprint density at radius 2 is 1.76 bits per heavy atom. The summed E-state index contributed by atoms with van der Waals surface area (Å²) < 4.78 is 6.17. The largest absolute Gasteiger partial charge is 0.437 e. The maximum atomic E-state index is 6.17. The van der Waals surface area contributed by atoms with E-state index in [1.807, 2.05) is 12.3 Å². The smallest absolute Gasteiger partial charge is 0.227 e. The summed E-state index contributed by atoms with van der Waals surface area (Å²) in [5.74, 6) is 0. The molecule has 3 heteroatoms. The lowest BCUT2D eigenvalue weighted by Crippen LogP contribution is -1.88. The van der Waals surface area contributed by atoms with Crippen molar-refractivity contribution in [3.8, 4) is 11.3 Å². The molecule has 0 spiro atoms. The molecular weight excluding hydrogens is 308 g/mol. The fourth-order valence-electron chi connectivity index (χ4n) is 3.49. The highest BCUT2D eigenvalue weighted by Gasteiger charge is 2.17.